The van der Waals surface area contributed by atoms with Crippen molar-refractivity contribution >= 4 is 5.97 Å². The predicted octanol–water partition coefficient (Wildman–Crippen LogP) is 6.92. The van der Waals surface area contributed by atoms with E-state index >= 15 is 8.78 Å². The maximum atomic E-state index is 15.1. The molecule has 3 atom stereocenters. The third-order valence-corrected chi connectivity index (χ3v) is 7.90. The van der Waals surface area contributed by atoms with Crippen molar-refractivity contribution in [2.45, 2.75) is 50.0 Å². The number of methoxy groups -OCH3 is 1. The van der Waals surface area contributed by atoms with E-state index in [9.17, 15) is 18.0 Å². The Hall–Kier alpha value is -3.86. The number of rotatable bonds is 7. The van der Waals surface area contributed by atoms with Crippen LogP contribution in [0.4, 0.5) is 22.0 Å². The molecule has 1 saturated heterocycles. The molecule has 2 aliphatic heterocycles. The van der Waals surface area contributed by atoms with Gasteiger partial charge in [0, 0.05) is 24.0 Å². The average Bonchev–Trinajstić information content (AvgIpc) is 3.70. The van der Waals surface area contributed by atoms with Crippen molar-refractivity contribution in [2.24, 2.45) is 0 Å². The Morgan fingerprint density at radius 3 is 2.43 bits per heavy atom. The van der Waals surface area contributed by atoms with Crippen LogP contribution in [0.5, 0.6) is 17.2 Å². The molecular weight excluding hydrogens is 563 g/mol. The highest BCUT2D eigenvalue weighted by atomic mass is 19.4. The second-order valence-electron chi connectivity index (χ2n) is 10.6. The van der Waals surface area contributed by atoms with Gasteiger partial charge in [0.05, 0.1) is 38.9 Å². The first-order valence-corrected chi connectivity index (χ1v) is 13.6. The Morgan fingerprint density at radius 2 is 1.74 bits per heavy atom. The fraction of sp³-hybridized carbons (Fsp3) is 0.387. The molecule has 3 aliphatic rings. The smallest absolute Gasteiger partial charge is 0.417 e. The number of hydrogen-bond acceptors (Lipinski definition) is 6. The number of benzene rings is 3. The molecule has 6 nitrogen and oxygen atoms in total. The molecule has 3 aromatic carbocycles. The lowest BCUT2D eigenvalue weighted by atomic mass is 9.91. The van der Waals surface area contributed by atoms with Crippen LogP contribution in [0.1, 0.15) is 53.5 Å². The van der Waals surface area contributed by atoms with Crippen LogP contribution in [0.25, 0.3) is 11.1 Å². The molecule has 222 valence electrons. The molecular formula is C31H27F5O6. The summed E-state index contributed by atoms with van der Waals surface area (Å²) in [4.78, 5) is 11.7. The summed E-state index contributed by atoms with van der Waals surface area (Å²) in [5, 5.41) is 0. The molecule has 0 aromatic heterocycles. The van der Waals surface area contributed by atoms with E-state index in [4.69, 9.17) is 23.7 Å². The van der Waals surface area contributed by atoms with Crippen molar-refractivity contribution in [1.82, 2.24) is 0 Å². The SMILES string of the molecule is COC(=O)C[C@@H]1COc2cc(O[C@@H]3CCc4c3ccc(C(F)(F)F)c4-c3cc(F)c(O[C@H]4CCOC4)c(F)c3)ccc21. The van der Waals surface area contributed by atoms with Crippen molar-refractivity contribution in [3.63, 3.8) is 0 Å². The molecule has 0 radical (unpaired) electrons. The number of fused-ring (bicyclic) bond motifs is 2. The summed E-state index contributed by atoms with van der Waals surface area (Å²) in [6.45, 7) is 0.890. The highest BCUT2D eigenvalue weighted by Crippen LogP contribution is 2.48. The third-order valence-electron chi connectivity index (χ3n) is 7.90. The van der Waals surface area contributed by atoms with Gasteiger partial charge in [0.15, 0.2) is 17.4 Å². The van der Waals surface area contributed by atoms with Gasteiger partial charge in [-0.25, -0.2) is 8.78 Å². The number of carbonyl (C=O) groups excluding carboxylic acids is 1. The van der Waals surface area contributed by atoms with E-state index in [2.05, 4.69) is 0 Å². The molecule has 0 amide bonds. The maximum Gasteiger partial charge on any atom is 0.417 e. The summed E-state index contributed by atoms with van der Waals surface area (Å²) in [6, 6.07) is 9.26. The lowest BCUT2D eigenvalue weighted by Gasteiger charge is -2.20. The van der Waals surface area contributed by atoms with Gasteiger partial charge in [0.25, 0.3) is 0 Å². The van der Waals surface area contributed by atoms with Gasteiger partial charge in [-0.2, -0.15) is 13.2 Å². The number of ether oxygens (including phenoxy) is 5. The Bertz CT molecular complexity index is 1490. The van der Waals surface area contributed by atoms with Gasteiger partial charge in [-0.3, -0.25) is 4.79 Å². The fourth-order valence-electron chi connectivity index (χ4n) is 5.89. The van der Waals surface area contributed by atoms with Gasteiger partial charge in [-0.15, -0.1) is 0 Å². The standard InChI is InChI=1S/C31H27F5O6/c1-38-28(37)12-17-14-40-27-13-18(2-3-20(17)27)41-26-7-5-22-21(26)4-6-23(31(34,35)36)29(22)16-10-24(32)30(25(33)11-16)42-19-8-9-39-15-19/h2-4,6,10-11,13,17,19,26H,5,7-9,12,14-15H2,1H3/t17-,19+,26-/m1/s1. The fourth-order valence-corrected chi connectivity index (χ4v) is 5.89. The second kappa shape index (κ2) is 11.1. The molecule has 3 aromatic rings. The van der Waals surface area contributed by atoms with E-state index in [1.165, 1.54) is 13.2 Å². The lowest BCUT2D eigenvalue weighted by Crippen LogP contribution is -2.17. The number of halogens is 5. The van der Waals surface area contributed by atoms with Crippen LogP contribution in [-0.2, 0) is 26.9 Å². The number of alkyl halides is 3. The van der Waals surface area contributed by atoms with Gasteiger partial charge in [-0.1, -0.05) is 12.1 Å². The molecule has 2 heterocycles. The monoisotopic (exact) mass is 590 g/mol. The van der Waals surface area contributed by atoms with Gasteiger partial charge in [0.2, 0.25) is 0 Å². The minimum atomic E-state index is -4.76. The highest BCUT2D eigenvalue weighted by molar-refractivity contribution is 5.75. The first-order chi connectivity index (χ1) is 20.1. The van der Waals surface area contributed by atoms with Crippen LogP contribution >= 0.6 is 0 Å². The van der Waals surface area contributed by atoms with E-state index in [1.54, 1.807) is 18.2 Å². The zero-order valence-electron chi connectivity index (χ0n) is 22.6. The Labute approximate surface area is 238 Å². The normalized spacial score (nSPS) is 21.0. The van der Waals surface area contributed by atoms with Crippen LogP contribution < -0.4 is 14.2 Å². The van der Waals surface area contributed by atoms with Crippen LogP contribution in [0.15, 0.2) is 42.5 Å². The van der Waals surface area contributed by atoms with Crippen molar-refractivity contribution in [1.29, 1.82) is 0 Å². The van der Waals surface area contributed by atoms with E-state index in [0.717, 1.165) is 23.8 Å². The minimum Gasteiger partial charge on any atom is -0.492 e. The Balaban J connectivity index is 1.31. The minimum absolute atomic E-state index is 0.152. The summed E-state index contributed by atoms with van der Waals surface area (Å²) in [5.41, 5.74) is 0.180. The van der Waals surface area contributed by atoms with Crippen molar-refractivity contribution < 1.29 is 50.4 Å². The second-order valence-corrected chi connectivity index (χ2v) is 10.6. The van der Waals surface area contributed by atoms with Gasteiger partial charge in [-0.05, 0) is 59.4 Å². The van der Waals surface area contributed by atoms with E-state index < -0.39 is 41.3 Å². The lowest BCUT2D eigenvalue weighted by molar-refractivity contribution is -0.141. The third kappa shape index (κ3) is 5.37. The van der Waals surface area contributed by atoms with E-state index in [1.807, 2.05) is 0 Å². The number of hydrogen-bond donors (Lipinski definition) is 0. The summed E-state index contributed by atoms with van der Waals surface area (Å²) < 4.78 is 99.9. The average molecular weight is 591 g/mol. The quantitative estimate of drug-likeness (QED) is 0.220. The highest BCUT2D eigenvalue weighted by Gasteiger charge is 2.39. The summed E-state index contributed by atoms with van der Waals surface area (Å²) in [7, 11) is 1.32. The van der Waals surface area contributed by atoms with Gasteiger partial charge in [0.1, 0.15) is 23.7 Å². The van der Waals surface area contributed by atoms with Crippen LogP contribution in [0, 0.1) is 11.6 Å². The van der Waals surface area contributed by atoms with Crippen molar-refractivity contribution in [2.75, 3.05) is 26.9 Å². The number of carbonyl (C=O) groups is 1. The van der Waals surface area contributed by atoms with Crippen LogP contribution in [0.3, 0.4) is 0 Å². The first-order valence-electron chi connectivity index (χ1n) is 13.6. The predicted molar refractivity (Wildman–Crippen MR) is 140 cm³/mol. The molecule has 0 N–H and O–H groups in total. The first kappa shape index (κ1) is 28.3. The Morgan fingerprint density at radius 1 is 0.976 bits per heavy atom. The zero-order valence-corrected chi connectivity index (χ0v) is 22.6. The van der Waals surface area contributed by atoms with E-state index in [-0.39, 0.29) is 42.5 Å². The van der Waals surface area contributed by atoms with Crippen molar-refractivity contribution in [3.8, 4) is 28.4 Å². The molecule has 0 bridgehead atoms. The largest absolute Gasteiger partial charge is 0.492 e. The summed E-state index contributed by atoms with van der Waals surface area (Å²) in [6.07, 6.45) is -4.68. The number of esters is 1. The molecule has 11 heteroatoms. The van der Waals surface area contributed by atoms with Gasteiger partial charge >= 0.3 is 12.1 Å². The molecule has 1 aliphatic carbocycles. The molecule has 0 spiro atoms. The topological polar surface area (TPSA) is 63.2 Å². The van der Waals surface area contributed by atoms with E-state index in [0.29, 0.717) is 48.7 Å². The zero-order chi connectivity index (χ0) is 29.6. The van der Waals surface area contributed by atoms with Crippen LogP contribution in [-0.4, -0.2) is 39.0 Å². The molecule has 0 unspecified atom stereocenters. The summed E-state index contributed by atoms with van der Waals surface area (Å²) >= 11 is 0. The van der Waals surface area contributed by atoms with Gasteiger partial charge < -0.3 is 23.7 Å². The van der Waals surface area contributed by atoms with Crippen LogP contribution in [0.2, 0.25) is 0 Å². The molecule has 6 rings (SSSR count). The molecule has 42 heavy (non-hydrogen) atoms. The summed E-state index contributed by atoms with van der Waals surface area (Å²) in [5.74, 6) is -2.30. The Kier molecular flexibility index (Phi) is 7.46. The molecule has 0 saturated carbocycles. The maximum absolute atomic E-state index is 15.1. The molecule has 1 fully saturated rings. The van der Waals surface area contributed by atoms with Crippen molar-refractivity contribution in [3.05, 3.63) is 76.4 Å².